The van der Waals surface area contributed by atoms with E-state index in [0.29, 0.717) is 0 Å². The Balaban J connectivity index is 1.36. The van der Waals surface area contributed by atoms with Crippen LogP contribution in [0.25, 0.3) is 55.3 Å². The molecule has 0 aromatic heterocycles. The van der Waals surface area contributed by atoms with Gasteiger partial charge in [-0.15, -0.1) is 0 Å². The molecule has 1 aliphatic rings. The molecule has 0 saturated heterocycles. The van der Waals surface area contributed by atoms with Gasteiger partial charge < -0.3 is 4.90 Å². The van der Waals surface area contributed by atoms with E-state index in [9.17, 15) is 0 Å². The highest BCUT2D eigenvalue weighted by Gasteiger charge is 2.38. The minimum absolute atomic E-state index is 0.143. The zero-order valence-electron chi connectivity index (χ0n) is 28.3. The quantitative estimate of drug-likeness (QED) is 0.175. The summed E-state index contributed by atoms with van der Waals surface area (Å²) in [5.74, 6) is 0. The smallest absolute Gasteiger partial charge is 0.0540 e. The fourth-order valence-electron chi connectivity index (χ4n) is 8.02. The zero-order chi connectivity index (χ0) is 33.7. The van der Waals surface area contributed by atoms with Crippen molar-refractivity contribution in [3.63, 3.8) is 0 Å². The molecule has 0 saturated carbocycles. The Morgan fingerprint density at radius 3 is 1.66 bits per heavy atom. The molecule has 50 heavy (non-hydrogen) atoms. The first-order valence-electron chi connectivity index (χ1n) is 17.4. The van der Waals surface area contributed by atoms with E-state index >= 15 is 0 Å². The molecular weight excluding hydrogens is 603 g/mol. The first-order chi connectivity index (χ1) is 24.6. The highest BCUT2D eigenvalue weighted by atomic mass is 15.1. The minimum atomic E-state index is -0.143. The summed E-state index contributed by atoms with van der Waals surface area (Å²) in [5, 5.41) is 2.45. The van der Waals surface area contributed by atoms with Gasteiger partial charge in [0, 0.05) is 22.4 Å². The molecule has 0 spiro atoms. The number of rotatable bonds is 6. The lowest BCUT2D eigenvalue weighted by Crippen LogP contribution is -2.17. The molecule has 8 aromatic rings. The van der Waals surface area contributed by atoms with Crippen molar-refractivity contribution in [2.75, 3.05) is 4.90 Å². The summed E-state index contributed by atoms with van der Waals surface area (Å²) in [5.41, 5.74) is 15.9. The topological polar surface area (TPSA) is 3.24 Å². The fraction of sp³-hybridized carbons (Fsp3) is 0.0612. The maximum Gasteiger partial charge on any atom is 0.0540 e. The van der Waals surface area contributed by atoms with Crippen LogP contribution in [0.15, 0.2) is 188 Å². The lowest BCUT2D eigenvalue weighted by molar-refractivity contribution is 0.662. The Labute approximate surface area is 294 Å². The van der Waals surface area contributed by atoms with Crippen molar-refractivity contribution in [2.45, 2.75) is 19.3 Å². The van der Waals surface area contributed by atoms with E-state index in [4.69, 9.17) is 0 Å². The number of anilines is 3. The molecule has 0 atom stereocenters. The SMILES string of the molecule is CC1(C)c2ccccc2-c2cc(N(c3ccc4ccccc4c3)c3ccc(-c4ccccc4)cc3-c3ccccc3)cc(-c3ccccc3)c21. The molecule has 0 radical (unpaired) electrons. The van der Waals surface area contributed by atoms with E-state index in [-0.39, 0.29) is 5.41 Å². The van der Waals surface area contributed by atoms with E-state index in [1.54, 1.807) is 0 Å². The van der Waals surface area contributed by atoms with E-state index < -0.39 is 0 Å². The number of fused-ring (bicyclic) bond motifs is 4. The second kappa shape index (κ2) is 12.1. The van der Waals surface area contributed by atoms with Crippen LogP contribution in [0, 0.1) is 0 Å². The van der Waals surface area contributed by atoms with Gasteiger partial charge in [0.15, 0.2) is 0 Å². The van der Waals surface area contributed by atoms with Gasteiger partial charge in [-0.05, 0) is 97.2 Å². The molecule has 0 unspecified atom stereocenters. The fourth-order valence-corrected chi connectivity index (χ4v) is 8.02. The number of hydrogen-bond acceptors (Lipinski definition) is 1. The summed E-state index contributed by atoms with van der Waals surface area (Å²) in [7, 11) is 0. The van der Waals surface area contributed by atoms with Gasteiger partial charge in [0.25, 0.3) is 0 Å². The Morgan fingerprint density at radius 2 is 0.940 bits per heavy atom. The van der Waals surface area contributed by atoms with Crippen LogP contribution in [0.1, 0.15) is 25.0 Å². The second-order valence-electron chi connectivity index (χ2n) is 13.8. The molecule has 0 N–H and O–H groups in total. The lowest BCUT2D eigenvalue weighted by atomic mass is 9.78. The van der Waals surface area contributed by atoms with Crippen LogP contribution in [0.4, 0.5) is 17.1 Å². The largest absolute Gasteiger partial charge is 0.310 e. The third kappa shape index (κ3) is 5.02. The van der Waals surface area contributed by atoms with Crippen LogP contribution in [-0.2, 0) is 5.41 Å². The molecule has 1 aliphatic carbocycles. The van der Waals surface area contributed by atoms with Gasteiger partial charge >= 0.3 is 0 Å². The summed E-state index contributed by atoms with van der Waals surface area (Å²) >= 11 is 0. The highest BCUT2D eigenvalue weighted by Crippen LogP contribution is 2.55. The lowest BCUT2D eigenvalue weighted by Gasteiger charge is -2.31. The maximum absolute atomic E-state index is 2.48. The van der Waals surface area contributed by atoms with E-state index in [0.717, 1.165) is 17.1 Å². The number of nitrogens with zero attached hydrogens (tertiary/aromatic N) is 1. The number of benzene rings is 8. The minimum Gasteiger partial charge on any atom is -0.310 e. The summed E-state index contributed by atoms with van der Waals surface area (Å²) in [6.07, 6.45) is 0. The highest BCUT2D eigenvalue weighted by molar-refractivity contribution is 5.98. The average molecular weight is 640 g/mol. The van der Waals surface area contributed by atoms with Crippen LogP contribution in [0.5, 0.6) is 0 Å². The maximum atomic E-state index is 2.48. The predicted molar refractivity (Wildman–Crippen MR) is 213 cm³/mol. The molecule has 1 heteroatoms. The van der Waals surface area contributed by atoms with Crippen molar-refractivity contribution in [3.05, 3.63) is 199 Å². The Bertz CT molecular complexity index is 2490. The Kier molecular flexibility index (Phi) is 7.21. The van der Waals surface area contributed by atoms with Crippen LogP contribution in [0.2, 0.25) is 0 Å². The van der Waals surface area contributed by atoms with Gasteiger partial charge in [-0.1, -0.05) is 166 Å². The van der Waals surface area contributed by atoms with Crippen molar-refractivity contribution < 1.29 is 0 Å². The van der Waals surface area contributed by atoms with Gasteiger partial charge in [-0.25, -0.2) is 0 Å². The van der Waals surface area contributed by atoms with E-state index in [2.05, 4.69) is 207 Å². The molecule has 9 rings (SSSR count). The predicted octanol–water partition coefficient (Wildman–Crippen LogP) is 13.6. The van der Waals surface area contributed by atoms with Crippen LogP contribution < -0.4 is 4.90 Å². The van der Waals surface area contributed by atoms with Gasteiger partial charge in [-0.3, -0.25) is 0 Å². The van der Waals surface area contributed by atoms with Crippen molar-refractivity contribution >= 4 is 27.8 Å². The molecule has 0 fully saturated rings. The summed E-state index contributed by atoms with van der Waals surface area (Å²) in [6.45, 7) is 4.75. The Hall–Kier alpha value is -6.18. The third-order valence-electron chi connectivity index (χ3n) is 10.4. The molecule has 0 heterocycles. The molecule has 0 amide bonds. The van der Waals surface area contributed by atoms with Crippen LogP contribution in [0.3, 0.4) is 0 Å². The monoisotopic (exact) mass is 639 g/mol. The second-order valence-corrected chi connectivity index (χ2v) is 13.8. The van der Waals surface area contributed by atoms with Gasteiger partial charge in [-0.2, -0.15) is 0 Å². The third-order valence-corrected chi connectivity index (χ3v) is 10.4. The van der Waals surface area contributed by atoms with Crippen molar-refractivity contribution in [1.29, 1.82) is 0 Å². The average Bonchev–Trinajstić information content (AvgIpc) is 3.41. The van der Waals surface area contributed by atoms with Crippen molar-refractivity contribution in [2.24, 2.45) is 0 Å². The van der Waals surface area contributed by atoms with Gasteiger partial charge in [0.05, 0.1) is 5.69 Å². The van der Waals surface area contributed by atoms with E-state index in [1.165, 1.54) is 66.4 Å². The molecule has 1 nitrogen and oxygen atoms in total. The normalized spacial score (nSPS) is 12.8. The standard InChI is InChI=1S/C49H37N/c1-49(2)46-25-15-14-24-42(46)45-33-41(32-44(48(45)49)37-21-10-5-11-22-37)50(40-28-26-35-18-12-13-23-38(35)30-40)47-29-27-39(34-16-6-3-7-17-34)31-43(47)36-19-8-4-9-20-36/h3-33H,1-2H3. The van der Waals surface area contributed by atoms with Crippen molar-refractivity contribution in [3.8, 4) is 44.5 Å². The van der Waals surface area contributed by atoms with Gasteiger partial charge in [0.1, 0.15) is 0 Å². The summed E-state index contributed by atoms with van der Waals surface area (Å²) in [4.78, 5) is 2.48. The summed E-state index contributed by atoms with van der Waals surface area (Å²) in [6, 6.07) is 68.7. The van der Waals surface area contributed by atoms with E-state index in [1.807, 2.05) is 0 Å². The van der Waals surface area contributed by atoms with Crippen molar-refractivity contribution in [1.82, 2.24) is 0 Å². The van der Waals surface area contributed by atoms with Crippen LogP contribution in [-0.4, -0.2) is 0 Å². The summed E-state index contributed by atoms with van der Waals surface area (Å²) < 4.78 is 0. The Morgan fingerprint density at radius 1 is 0.360 bits per heavy atom. The molecular formula is C49H37N. The molecule has 0 aliphatic heterocycles. The zero-order valence-corrected chi connectivity index (χ0v) is 28.3. The van der Waals surface area contributed by atoms with Gasteiger partial charge in [0.2, 0.25) is 0 Å². The number of hydrogen-bond donors (Lipinski definition) is 0. The van der Waals surface area contributed by atoms with Crippen LogP contribution >= 0.6 is 0 Å². The first-order valence-corrected chi connectivity index (χ1v) is 17.4. The molecule has 0 bridgehead atoms. The first kappa shape index (κ1) is 29.9. The molecule has 238 valence electrons. The molecule has 8 aromatic carbocycles.